The van der Waals surface area contributed by atoms with Crippen LogP contribution in [0.4, 0.5) is 0 Å². The summed E-state index contributed by atoms with van der Waals surface area (Å²) in [7, 11) is -1.83. The van der Waals surface area contributed by atoms with Crippen LogP contribution in [0.25, 0.3) is 0 Å². The first kappa shape index (κ1) is 14.1. The topological polar surface area (TPSA) is 38.3 Å². The van der Waals surface area contributed by atoms with E-state index in [1.54, 1.807) is 0 Å². The van der Waals surface area contributed by atoms with Crippen LogP contribution in [0, 0.1) is 5.92 Å². The molecule has 1 aliphatic carbocycles. The van der Waals surface area contributed by atoms with Crippen LogP contribution in [0.3, 0.4) is 0 Å². The summed E-state index contributed by atoms with van der Waals surface area (Å²) >= 11 is 0. The van der Waals surface area contributed by atoms with Gasteiger partial charge in [-0.2, -0.15) is 0 Å². The SMILES string of the molecule is CC(C)(C)[Si](C)(C)OC1CC(CC2CC2)NC1=O. The predicted molar refractivity (Wildman–Crippen MR) is 76.0 cm³/mol. The summed E-state index contributed by atoms with van der Waals surface area (Å²) in [6.07, 6.45) is 4.53. The lowest BCUT2D eigenvalue weighted by Crippen LogP contribution is -2.45. The minimum Gasteiger partial charge on any atom is -0.405 e. The summed E-state index contributed by atoms with van der Waals surface area (Å²) in [5.74, 6) is 0.979. The third kappa shape index (κ3) is 3.15. The van der Waals surface area contributed by atoms with Crippen molar-refractivity contribution in [1.29, 1.82) is 0 Å². The van der Waals surface area contributed by atoms with Crippen LogP contribution in [0.15, 0.2) is 0 Å². The number of amides is 1. The minimum absolute atomic E-state index is 0.116. The van der Waals surface area contributed by atoms with Crippen LogP contribution in [0.1, 0.15) is 46.5 Å². The average Bonchev–Trinajstić information content (AvgIpc) is 2.92. The van der Waals surface area contributed by atoms with Gasteiger partial charge in [-0.15, -0.1) is 0 Å². The minimum atomic E-state index is -1.83. The number of carbonyl (C=O) groups excluding carboxylic acids is 1. The van der Waals surface area contributed by atoms with E-state index in [2.05, 4.69) is 39.2 Å². The van der Waals surface area contributed by atoms with E-state index in [0.717, 1.165) is 18.8 Å². The lowest BCUT2D eigenvalue weighted by molar-refractivity contribution is -0.125. The van der Waals surface area contributed by atoms with Crippen LogP contribution >= 0.6 is 0 Å². The number of rotatable bonds is 4. The summed E-state index contributed by atoms with van der Waals surface area (Å²) in [6, 6.07) is 0.361. The van der Waals surface area contributed by atoms with Crippen LogP contribution in [-0.4, -0.2) is 26.4 Å². The summed E-state index contributed by atoms with van der Waals surface area (Å²) in [6.45, 7) is 11.1. The maximum Gasteiger partial charge on any atom is 0.248 e. The highest BCUT2D eigenvalue weighted by molar-refractivity contribution is 6.74. The van der Waals surface area contributed by atoms with Crippen molar-refractivity contribution in [3.8, 4) is 0 Å². The quantitative estimate of drug-likeness (QED) is 0.797. The van der Waals surface area contributed by atoms with Gasteiger partial charge in [0, 0.05) is 12.5 Å². The van der Waals surface area contributed by atoms with Crippen molar-refractivity contribution in [3.05, 3.63) is 0 Å². The lowest BCUT2D eigenvalue weighted by Gasteiger charge is -2.37. The molecular weight excluding hydrogens is 242 g/mol. The first-order valence-electron chi connectivity index (χ1n) is 7.17. The second-order valence-corrected chi connectivity index (χ2v) is 12.2. The standard InChI is InChI=1S/C14H27NO2Si/c1-14(2,3)18(4,5)17-12-9-11(15-13(12)16)8-10-6-7-10/h10-12H,6-9H2,1-5H3,(H,15,16). The fraction of sp³-hybridized carbons (Fsp3) is 0.929. The summed E-state index contributed by atoms with van der Waals surface area (Å²) in [5, 5.41) is 3.28. The molecule has 1 saturated carbocycles. The molecular formula is C14H27NO2Si. The molecule has 18 heavy (non-hydrogen) atoms. The third-order valence-electron chi connectivity index (χ3n) is 4.70. The van der Waals surface area contributed by atoms with Crippen LogP contribution in [-0.2, 0) is 9.22 Å². The summed E-state index contributed by atoms with van der Waals surface area (Å²) in [5.41, 5.74) is 0. The zero-order valence-corrected chi connectivity index (χ0v) is 13.4. The van der Waals surface area contributed by atoms with Gasteiger partial charge in [0.1, 0.15) is 6.10 Å². The smallest absolute Gasteiger partial charge is 0.248 e. The van der Waals surface area contributed by atoms with Crippen molar-refractivity contribution >= 4 is 14.2 Å². The lowest BCUT2D eigenvalue weighted by atomic mass is 10.1. The fourth-order valence-electron chi connectivity index (χ4n) is 2.26. The van der Waals surface area contributed by atoms with Crippen molar-refractivity contribution in [1.82, 2.24) is 5.32 Å². The third-order valence-corrected chi connectivity index (χ3v) is 9.18. The molecule has 0 bridgehead atoms. The van der Waals surface area contributed by atoms with Gasteiger partial charge in [0.05, 0.1) is 0 Å². The van der Waals surface area contributed by atoms with Crippen molar-refractivity contribution < 1.29 is 9.22 Å². The molecule has 1 amide bonds. The van der Waals surface area contributed by atoms with Gasteiger partial charge in [0.2, 0.25) is 5.91 Å². The van der Waals surface area contributed by atoms with Gasteiger partial charge in [0.25, 0.3) is 0 Å². The molecule has 104 valence electrons. The molecule has 2 unspecified atom stereocenters. The fourth-order valence-corrected chi connectivity index (χ4v) is 3.53. The average molecular weight is 269 g/mol. The predicted octanol–water partition coefficient (Wildman–Crippen LogP) is 3.07. The Bertz CT molecular complexity index is 331. The van der Waals surface area contributed by atoms with Gasteiger partial charge in [0.15, 0.2) is 8.32 Å². The van der Waals surface area contributed by atoms with Crippen molar-refractivity contribution in [2.24, 2.45) is 5.92 Å². The van der Waals surface area contributed by atoms with Crippen LogP contribution < -0.4 is 5.32 Å². The Labute approximate surface area is 112 Å². The molecule has 1 aliphatic heterocycles. The molecule has 0 radical (unpaired) electrons. The highest BCUT2D eigenvalue weighted by Gasteiger charge is 2.44. The molecule has 3 nitrogen and oxygen atoms in total. The molecule has 1 saturated heterocycles. The highest BCUT2D eigenvalue weighted by Crippen LogP contribution is 2.39. The molecule has 4 heteroatoms. The molecule has 1 heterocycles. The number of nitrogens with one attached hydrogen (secondary N) is 1. The van der Waals surface area contributed by atoms with Gasteiger partial charge in [-0.05, 0) is 30.5 Å². The molecule has 2 rings (SSSR count). The zero-order chi connectivity index (χ0) is 13.6. The first-order valence-corrected chi connectivity index (χ1v) is 10.1. The van der Waals surface area contributed by atoms with E-state index in [9.17, 15) is 4.79 Å². The Balaban J connectivity index is 1.91. The van der Waals surface area contributed by atoms with E-state index in [1.807, 2.05) is 0 Å². The normalized spacial score (nSPS) is 29.5. The van der Waals surface area contributed by atoms with Gasteiger partial charge in [-0.25, -0.2) is 0 Å². The Morgan fingerprint density at radius 2 is 1.94 bits per heavy atom. The van der Waals surface area contributed by atoms with Gasteiger partial charge in [-0.1, -0.05) is 33.6 Å². The van der Waals surface area contributed by atoms with E-state index in [4.69, 9.17) is 4.43 Å². The van der Waals surface area contributed by atoms with Crippen molar-refractivity contribution in [3.63, 3.8) is 0 Å². The molecule has 2 atom stereocenters. The largest absolute Gasteiger partial charge is 0.405 e. The molecule has 0 spiro atoms. The maximum absolute atomic E-state index is 12.0. The van der Waals surface area contributed by atoms with Gasteiger partial charge < -0.3 is 9.74 Å². The summed E-state index contributed by atoms with van der Waals surface area (Å²) < 4.78 is 6.23. The van der Waals surface area contributed by atoms with Gasteiger partial charge >= 0.3 is 0 Å². The first-order chi connectivity index (χ1) is 8.19. The highest BCUT2D eigenvalue weighted by atomic mass is 28.4. The molecule has 0 aromatic rings. The van der Waals surface area contributed by atoms with Crippen LogP contribution in [0.5, 0.6) is 0 Å². The Kier molecular flexibility index (Phi) is 3.62. The summed E-state index contributed by atoms with van der Waals surface area (Å²) in [4.78, 5) is 12.0. The van der Waals surface area contributed by atoms with Crippen LogP contribution in [0.2, 0.25) is 18.1 Å². The van der Waals surface area contributed by atoms with Crippen molar-refractivity contribution in [2.45, 2.75) is 76.7 Å². The molecule has 0 aromatic carbocycles. The van der Waals surface area contributed by atoms with Crippen molar-refractivity contribution in [2.75, 3.05) is 0 Å². The Morgan fingerprint density at radius 3 is 2.44 bits per heavy atom. The van der Waals surface area contributed by atoms with Gasteiger partial charge in [-0.3, -0.25) is 4.79 Å². The Hall–Kier alpha value is -0.353. The maximum atomic E-state index is 12.0. The van der Waals surface area contributed by atoms with E-state index in [0.29, 0.717) is 6.04 Å². The molecule has 0 aromatic heterocycles. The second kappa shape index (κ2) is 4.64. The number of hydrogen-bond acceptors (Lipinski definition) is 2. The number of carbonyl (C=O) groups is 1. The Morgan fingerprint density at radius 1 is 1.33 bits per heavy atom. The second-order valence-electron chi connectivity index (χ2n) is 7.49. The molecule has 2 aliphatic rings. The van der Waals surface area contributed by atoms with E-state index in [1.165, 1.54) is 12.8 Å². The van der Waals surface area contributed by atoms with E-state index in [-0.39, 0.29) is 17.0 Å². The van der Waals surface area contributed by atoms with E-state index >= 15 is 0 Å². The molecule has 2 fully saturated rings. The van der Waals surface area contributed by atoms with E-state index < -0.39 is 8.32 Å². The molecule has 1 N–H and O–H groups in total. The monoisotopic (exact) mass is 269 g/mol. The zero-order valence-electron chi connectivity index (χ0n) is 12.4. The number of hydrogen-bond donors (Lipinski definition) is 1.